The first kappa shape index (κ1) is 15.7. The molecule has 1 amide bonds. The lowest BCUT2D eigenvalue weighted by atomic mass is 9.86. The number of carbonyl (C=O) groups is 1. The molecule has 0 saturated heterocycles. The number of hydrogen-bond acceptors (Lipinski definition) is 2. The summed E-state index contributed by atoms with van der Waals surface area (Å²) in [6, 6.07) is 6.19. The van der Waals surface area contributed by atoms with Crippen LogP contribution >= 0.6 is 0 Å². The van der Waals surface area contributed by atoms with Crippen molar-refractivity contribution in [1.82, 2.24) is 0 Å². The first-order chi connectivity index (χ1) is 9.02. The number of carbonyl (C=O) groups excluding carboxylic acids is 1. The average Bonchev–Trinajstić information content (AvgIpc) is 2.46. The molecule has 0 aromatic heterocycles. The summed E-state index contributed by atoms with van der Waals surface area (Å²) < 4.78 is 0. The van der Waals surface area contributed by atoms with Crippen LogP contribution in [-0.2, 0) is 17.6 Å². The van der Waals surface area contributed by atoms with E-state index in [0.29, 0.717) is 6.54 Å². The van der Waals surface area contributed by atoms with Crippen LogP contribution < -0.4 is 11.1 Å². The second-order valence-electron chi connectivity index (χ2n) is 5.23. The van der Waals surface area contributed by atoms with Crippen LogP contribution in [0.5, 0.6) is 0 Å². The van der Waals surface area contributed by atoms with Crippen LogP contribution in [0.4, 0.5) is 5.69 Å². The fourth-order valence-corrected chi connectivity index (χ4v) is 2.07. The minimum atomic E-state index is -0.494. The Hall–Kier alpha value is -1.35. The second-order valence-corrected chi connectivity index (χ2v) is 5.23. The lowest BCUT2D eigenvalue weighted by Crippen LogP contribution is -2.39. The molecule has 1 atom stereocenters. The molecule has 3 N–H and O–H groups in total. The van der Waals surface area contributed by atoms with Crippen LogP contribution in [0.1, 0.15) is 45.2 Å². The van der Waals surface area contributed by atoms with Gasteiger partial charge >= 0.3 is 0 Å². The van der Waals surface area contributed by atoms with E-state index in [1.807, 2.05) is 13.8 Å². The normalized spacial score (nSPS) is 13.9. The number of benzene rings is 1. The summed E-state index contributed by atoms with van der Waals surface area (Å²) in [5, 5.41) is 3.10. The van der Waals surface area contributed by atoms with Crippen LogP contribution in [0.15, 0.2) is 18.2 Å². The smallest absolute Gasteiger partial charge is 0.231 e. The van der Waals surface area contributed by atoms with Crippen molar-refractivity contribution in [2.75, 3.05) is 11.9 Å². The molecule has 3 heteroatoms. The maximum Gasteiger partial charge on any atom is 0.231 e. The fraction of sp³-hybridized carbons (Fsp3) is 0.562. The molecule has 0 saturated carbocycles. The number of para-hydroxylation sites is 1. The van der Waals surface area contributed by atoms with Crippen LogP contribution in [-0.4, -0.2) is 12.5 Å². The molecule has 1 rings (SSSR count). The molecule has 0 aliphatic rings. The van der Waals surface area contributed by atoms with Crippen LogP contribution in [0.25, 0.3) is 0 Å². The van der Waals surface area contributed by atoms with E-state index in [4.69, 9.17) is 5.73 Å². The quantitative estimate of drug-likeness (QED) is 0.827. The molecule has 1 aromatic rings. The van der Waals surface area contributed by atoms with Gasteiger partial charge in [0.1, 0.15) is 0 Å². The van der Waals surface area contributed by atoms with Crippen molar-refractivity contribution in [3.05, 3.63) is 29.3 Å². The first-order valence-corrected chi connectivity index (χ1v) is 7.14. The Morgan fingerprint density at radius 2 is 1.74 bits per heavy atom. The third-order valence-corrected chi connectivity index (χ3v) is 4.02. The van der Waals surface area contributed by atoms with Gasteiger partial charge in [0.25, 0.3) is 0 Å². The molecule has 1 aromatic carbocycles. The van der Waals surface area contributed by atoms with Crippen molar-refractivity contribution in [1.29, 1.82) is 0 Å². The van der Waals surface area contributed by atoms with Gasteiger partial charge in [0.2, 0.25) is 5.91 Å². The summed E-state index contributed by atoms with van der Waals surface area (Å²) in [6.07, 6.45) is 2.56. The predicted octanol–water partition coefficient (Wildman–Crippen LogP) is 3.12. The van der Waals surface area contributed by atoms with E-state index in [1.165, 1.54) is 11.1 Å². The maximum absolute atomic E-state index is 12.4. The van der Waals surface area contributed by atoms with Crippen molar-refractivity contribution in [3.8, 4) is 0 Å². The molecular formula is C16H26N2O. The van der Waals surface area contributed by atoms with Crippen LogP contribution in [0, 0.1) is 5.41 Å². The monoisotopic (exact) mass is 262 g/mol. The van der Waals surface area contributed by atoms with Crippen molar-refractivity contribution in [2.45, 2.75) is 47.0 Å². The number of rotatable bonds is 6. The molecule has 106 valence electrons. The minimum absolute atomic E-state index is 0.0214. The van der Waals surface area contributed by atoms with E-state index in [1.54, 1.807) is 0 Å². The van der Waals surface area contributed by atoms with Gasteiger partial charge in [0.05, 0.1) is 5.41 Å². The number of nitrogens with one attached hydrogen (secondary N) is 1. The highest BCUT2D eigenvalue weighted by Crippen LogP contribution is 2.27. The van der Waals surface area contributed by atoms with Gasteiger partial charge in [-0.15, -0.1) is 0 Å². The van der Waals surface area contributed by atoms with Crippen LogP contribution in [0.2, 0.25) is 0 Å². The Morgan fingerprint density at radius 3 is 2.11 bits per heavy atom. The molecule has 0 radical (unpaired) electrons. The lowest BCUT2D eigenvalue weighted by Gasteiger charge is -2.26. The fourth-order valence-electron chi connectivity index (χ4n) is 2.07. The molecule has 0 aliphatic heterocycles. The topological polar surface area (TPSA) is 55.1 Å². The third kappa shape index (κ3) is 3.35. The van der Waals surface area contributed by atoms with E-state index in [-0.39, 0.29) is 5.91 Å². The number of nitrogens with two attached hydrogens (primary N) is 1. The average molecular weight is 262 g/mol. The first-order valence-electron chi connectivity index (χ1n) is 7.14. The standard InChI is InChI=1S/C16H26N2O/c1-5-12-9-8-10-13(6-2)14(12)18-15(19)16(4,7-3)11-17/h8-10H,5-7,11,17H2,1-4H3,(H,18,19). The Balaban J connectivity index is 3.08. The minimum Gasteiger partial charge on any atom is -0.329 e. The van der Waals surface area contributed by atoms with Gasteiger partial charge in [-0.3, -0.25) is 4.79 Å². The highest BCUT2D eigenvalue weighted by molar-refractivity contribution is 5.96. The molecular weight excluding hydrogens is 236 g/mol. The summed E-state index contributed by atoms with van der Waals surface area (Å²) in [6.45, 7) is 8.49. The Morgan fingerprint density at radius 1 is 1.21 bits per heavy atom. The van der Waals surface area contributed by atoms with Crippen LogP contribution in [0.3, 0.4) is 0 Å². The summed E-state index contributed by atoms with van der Waals surface area (Å²) >= 11 is 0. The highest BCUT2D eigenvalue weighted by atomic mass is 16.2. The molecule has 0 bridgehead atoms. The Bertz CT molecular complexity index is 414. The molecule has 19 heavy (non-hydrogen) atoms. The van der Waals surface area contributed by atoms with Gasteiger partial charge in [0.15, 0.2) is 0 Å². The summed E-state index contributed by atoms with van der Waals surface area (Å²) in [4.78, 5) is 12.4. The van der Waals surface area contributed by atoms with Crippen molar-refractivity contribution in [3.63, 3.8) is 0 Å². The van der Waals surface area contributed by atoms with E-state index >= 15 is 0 Å². The van der Waals surface area contributed by atoms with E-state index in [9.17, 15) is 4.79 Å². The number of amides is 1. The molecule has 3 nitrogen and oxygen atoms in total. The van der Waals surface area contributed by atoms with Gasteiger partial charge in [0, 0.05) is 12.2 Å². The highest BCUT2D eigenvalue weighted by Gasteiger charge is 2.30. The van der Waals surface area contributed by atoms with Gasteiger partial charge in [-0.1, -0.05) is 39.0 Å². The molecule has 1 unspecified atom stereocenters. The van der Waals surface area contributed by atoms with Gasteiger partial charge in [-0.25, -0.2) is 0 Å². The van der Waals surface area contributed by atoms with E-state index in [0.717, 1.165) is 24.9 Å². The van der Waals surface area contributed by atoms with Crippen molar-refractivity contribution >= 4 is 11.6 Å². The largest absolute Gasteiger partial charge is 0.329 e. The van der Waals surface area contributed by atoms with Gasteiger partial charge in [-0.05, 0) is 37.3 Å². The lowest BCUT2D eigenvalue weighted by molar-refractivity contribution is -0.124. The second kappa shape index (κ2) is 6.71. The zero-order valence-corrected chi connectivity index (χ0v) is 12.5. The molecule has 0 heterocycles. The summed E-state index contributed by atoms with van der Waals surface area (Å²) in [5.74, 6) is 0.0214. The van der Waals surface area contributed by atoms with E-state index in [2.05, 4.69) is 37.4 Å². The van der Waals surface area contributed by atoms with Crippen molar-refractivity contribution < 1.29 is 4.79 Å². The predicted molar refractivity (Wildman–Crippen MR) is 81.3 cm³/mol. The van der Waals surface area contributed by atoms with Crippen molar-refractivity contribution in [2.24, 2.45) is 11.1 Å². The van der Waals surface area contributed by atoms with Gasteiger partial charge < -0.3 is 11.1 Å². The Labute approximate surface area is 116 Å². The van der Waals surface area contributed by atoms with E-state index < -0.39 is 5.41 Å². The molecule has 0 spiro atoms. The van der Waals surface area contributed by atoms with Gasteiger partial charge in [-0.2, -0.15) is 0 Å². The number of aryl methyl sites for hydroxylation is 2. The molecule has 0 fully saturated rings. The zero-order valence-electron chi connectivity index (χ0n) is 12.5. The Kier molecular flexibility index (Phi) is 5.55. The summed E-state index contributed by atoms with van der Waals surface area (Å²) in [5.41, 5.74) is 8.60. The zero-order chi connectivity index (χ0) is 14.5. The molecule has 0 aliphatic carbocycles. The summed E-state index contributed by atoms with van der Waals surface area (Å²) in [7, 11) is 0. The number of hydrogen-bond donors (Lipinski definition) is 2. The SMILES string of the molecule is CCc1cccc(CC)c1NC(=O)C(C)(CC)CN. The third-order valence-electron chi connectivity index (χ3n) is 4.02. The maximum atomic E-state index is 12.4. The number of anilines is 1.